The van der Waals surface area contributed by atoms with Crippen molar-refractivity contribution in [2.45, 2.75) is 19.9 Å². The number of hydrogen-bond acceptors (Lipinski definition) is 3. The fraction of sp³-hybridized carbons (Fsp3) is 0.385. The van der Waals surface area contributed by atoms with Crippen LogP contribution in [-0.2, 0) is 9.53 Å². The smallest absolute Gasteiger partial charge is 0.328 e. The molecule has 4 nitrogen and oxygen atoms in total. The molecule has 1 aromatic carbocycles. The highest BCUT2D eigenvalue weighted by Crippen LogP contribution is 2.16. The van der Waals surface area contributed by atoms with Gasteiger partial charge in [-0.1, -0.05) is 29.8 Å². The maximum Gasteiger partial charge on any atom is 0.328 e. The van der Waals surface area contributed by atoms with Crippen LogP contribution in [-0.4, -0.2) is 25.0 Å². The lowest BCUT2D eigenvalue weighted by molar-refractivity contribution is -0.144. The number of amides is 1. The molecule has 1 atom stereocenters. The molecule has 0 aliphatic rings. The Morgan fingerprint density at radius 1 is 1.37 bits per heavy atom. The minimum absolute atomic E-state index is 0.113. The molecule has 0 spiro atoms. The number of carbonyl (C=O) groups is 2. The van der Waals surface area contributed by atoms with Gasteiger partial charge in [0.2, 0.25) is 0 Å². The number of rotatable bonds is 4. The number of carbonyl (C=O) groups excluding carboxylic acids is 2. The Morgan fingerprint density at radius 3 is 2.47 bits per heavy atom. The average Bonchev–Trinajstić information content (AvgIpc) is 2.34. The van der Waals surface area contributed by atoms with E-state index < -0.39 is 23.7 Å². The van der Waals surface area contributed by atoms with Gasteiger partial charge in [-0.3, -0.25) is 4.79 Å². The third kappa shape index (κ3) is 4.02. The summed E-state index contributed by atoms with van der Waals surface area (Å²) in [6, 6.07) is 3.29. The minimum atomic E-state index is -0.805. The molecule has 1 aromatic rings. The van der Waals surface area contributed by atoms with E-state index in [1.165, 1.54) is 19.2 Å². The highest BCUT2D eigenvalue weighted by molar-refractivity contribution is 9.10. The lowest BCUT2D eigenvalue weighted by atomic mass is 10.0. The highest BCUT2D eigenvalue weighted by atomic mass is 79.9. The number of halogens is 2. The van der Waals surface area contributed by atoms with E-state index >= 15 is 0 Å². The van der Waals surface area contributed by atoms with Gasteiger partial charge in [-0.25, -0.2) is 9.18 Å². The predicted octanol–water partition coefficient (Wildman–Crippen LogP) is 2.52. The molecule has 19 heavy (non-hydrogen) atoms. The predicted molar refractivity (Wildman–Crippen MR) is 72.2 cm³/mol. The normalized spacial score (nSPS) is 12.1. The van der Waals surface area contributed by atoms with E-state index in [1.807, 2.05) is 0 Å². The molecule has 1 amide bonds. The SMILES string of the molecule is COC(=O)[C@H](NC(=O)c1ccc(Br)cc1F)C(C)C. The Kier molecular flexibility index (Phi) is 5.47. The number of ether oxygens (including phenoxy) is 1. The molecule has 0 saturated heterocycles. The molecule has 0 radical (unpaired) electrons. The molecule has 0 bridgehead atoms. The van der Waals surface area contributed by atoms with Crippen LogP contribution in [0, 0.1) is 11.7 Å². The van der Waals surface area contributed by atoms with Crippen molar-refractivity contribution in [1.82, 2.24) is 5.32 Å². The summed E-state index contributed by atoms with van der Waals surface area (Å²) in [5.74, 6) is -2.01. The summed E-state index contributed by atoms with van der Waals surface area (Å²) in [5.41, 5.74) is -0.113. The summed E-state index contributed by atoms with van der Waals surface area (Å²) >= 11 is 3.11. The van der Waals surface area contributed by atoms with E-state index in [0.717, 1.165) is 0 Å². The lowest BCUT2D eigenvalue weighted by Crippen LogP contribution is -2.45. The molecule has 104 valence electrons. The van der Waals surface area contributed by atoms with Gasteiger partial charge in [0, 0.05) is 4.47 Å². The largest absolute Gasteiger partial charge is 0.467 e. The van der Waals surface area contributed by atoms with Gasteiger partial charge in [0.05, 0.1) is 12.7 Å². The van der Waals surface area contributed by atoms with Crippen molar-refractivity contribution in [2.75, 3.05) is 7.11 Å². The fourth-order valence-corrected chi connectivity index (χ4v) is 1.85. The van der Waals surface area contributed by atoms with Crippen LogP contribution in [0.15, 0.2) is 22.7 Å². The number of nitrogens with one attached hydrogen (secondary N) is 1. The van der Waals surface area contributed by atoms with Gasteiger partial charge >= 0.3 is 5.97 Å². The van der Waals surface area contributed by atoms with Crippen molar-refractivity contribution in [1.29, 1.82) is 0 Å². The maximum atomic E-state index is 13.6. The summed E-state index contributed by atoms with van der Waals surface area (Å²) < 4.78 is 18.8. The van der Waals surface area contributed by atoms with Gasteiger partial charge in [-0.05, 0) is 24.1 Å². The zero-order valence-corrected chi connectivity index (χ0v) is 12.5. The van der Waals surface area contributed by atoms with Crippen LogP contribution in [0.2, 0.25) is 0 Å². The Hall–Kier alpha value is -1.43. The molecule has 0 aliphatic carbocycles. The molecular weight excluding hydrogens is 317 g/mol. The third-order valence-corrected chi connectivity index (χ3v) is 3.08. The van der Waals surface area contributed by atoms with Gasteiger partial charge in [0.25, 0.3) is 5.91 Å². The van der Waals surface area contributed by atoms with E-state index in [4.69, 9.17) is 0 Å². The standard InChI is InChI=1S/C13H15BrFNO3/c1-7(2)11(13(18)19-3)16-12(17)9-5-4-8(14)6-10(9)15/h4-7,11H,1-3H3,(H,16,17)/t11-/m1/s1. The topological polar surface area (TPSA) is 55.4 Å². The van der Waals surface area contributed by atoms with Crippen molar-refractivity contribution in [3.05, 3.63) is 34.1 Å². The van der Waals surface area contributed by atoms with E-state index in [0.29, 0.717) is 4.47 Å². The molecule has 0 aliphatic heterocycles. The zero-order valence-electron chi connectivity index (χ0n) is 10.9. The first kappa shape index (κ1) is 15.6. The molecular formula is C13H15BrFNO3. The van der Waals surface area contributed by atoms with Crippen LogP contribution in [0.4, 0.5) is 4.39 Å². The van der Waals surface area contributed by atoms with Gasteiger partial charge in [0.15, 0.2) is 0 Å². The first-order chi connectivity index (χ1) is 8.86. The van der Waals surface area contributed by atoms with E-state index in [1.54, 1.807) is 19.9 Å². The van der Waals surface area contributed by atoms with Crippen LogP contribution in [0.5, 0.6) is 0 Å². The molecule has 0 fully saturated rings. The van der Waals surface area contributed by atoms with Crippen LogP contribution < -0.4 is 5.32 Å². The summed E-state index contributed by atoms with van der Waals surface area (Å²) in [7, 11) is 1.24. The van der Waals surface area contributed by atoms with Crippen LogP contribution in [0.3, 0.4) is 0 Å². The van der Waals surface area contributed by atoms with Gasteiger partial charge in [-0.2, -0.15) is 0 Å². The highest BCUT2D eigenvalue weighted by Gasteiger charge is 2.26. The summed E-state index contributed by atoms with van der Waals surface area (Å²) in [6.07, 6.45) is 0. The summed E-state index contributed by atoms with van der Waals surface area (Å²) in [5, 5.41) is 2.47. The Balaban J connectivity index is 2.91. The van der Waals surface area contributed by atoms with Crippen molar-refractivity contribution >= 4 is 27.8 Å². The fourth-order valence-electron chi connectivity index (χ4n) is 1.52. The number of esters is 1. The summed E-state index contributed by atoms with van der Waals surface area (Å²) in [6.45, 7) is 3.53. The van der Waals surface area contributed by atoms with Gasteiger partial charge < -0.3 is 10.1 Å². The second-order valence-corrected chi connectivity index (χ2v) is 5.26. The second kappa shape index (κ2) is 6.65. The second-order valence-electron chi connectivity index (χ2n) is 4.34. The van der Waals surface area contributed by atoms with Crippen molar-refractivity contribution in [3.8, 4) is 0 Å². The van der Waals surface area contributed by atoms with Crippen LogP contribution in [0.1, 0.15) is 24.2 Å². The quantitative estimate of drug-likeness (QED) is 0.862. The Bertz CT molecular complexity index is 491. The minimum Gasteiger partial charge on any atom is -0.467 e. The van der Waals surface area contributed by atoms with E-state index in [-0.39, 0.29) is 11.5 Å². The maximum absolute atomic E-state index is 13.6. The zero-order chi connectivity index (χ0) is 14.6. The van der Waals surface area contributed by atoms with Crippen molar-refractivity contribution in [2.24, 2.45) is 5.92 Å². The Labute approximate surface area is 119 Å². The number of methoxy groups -OCH3 is 1. The molecule has 0 aromatic heterocycles. The first-order valence-corrected chi connectivity index (χ1v) is 6.50. The molecule has 0 unspecified atom stereocenters. The van der Waals surface area contributed by atoms with Gasteiger partial charge in [-0.15, -0.1) is 0 Å². The summed E-state index contributed by atoms with van der Waals surface area (Å²) in [4.78, 5) is 23.5. The first-order valence-electron chi connectivity index (χ1n) is 5.70. The third-order valence-electron chi connectivity index (χ3n) is 2.58. The van der Waals surface area contributed by atoms with Crippen LogP contribution in [0.25, 0.3) is 0 Å². The molecule has 0 heterocycles. The lowest BCUT2D eigenvalue weighted by Gasteiger charge is -2.19. The molecule has 1 N–H and O–H groups in total. The van der Waals surface area contributed by atoms with Crippen LogP contribution >= 0.6 is 15.9 Å². The monoisotopic (exact) mass is 331 g/mol. The van der Waals surface area contributed by atoms with Gasteiger partial charge in [0.1, 0.15) is 11.9 Å². The molecule has 0 saturated carbocycles. The van der Waals surface area contributed by atoms with Crippen molar-refractivity contribution < 1.29 is 18.7 Å². The van der Waals surface area contributed by atoms with E-state index in [9.17, 15) is 14.0 Å². The molecule has 1 rings (SSSR count). The average molecular weight is 332 g/mol. The number of hydrogen-bond donors (Lipinski definition) is 1. The number of benzene rings is 1. The van der Waals surface area contributed by atoms with E-state index in [2.05, 4.69) is 26.0 Å². The molecule has 6 heteroatoms. The Morgan fingerprint density at radius 2 is 2.00 bits per heavy atom. The van der Waals surface area contributed by atoms with Crippen molar-refractivity contribution in [3.63, 3.8) is 0 Å².